The third-order valence-electron chi connectivity index (χ3n) is 4.28. The summed E-state index contributed by atoms with van der Waals surface area (Å²) in [5.41, 5.74) is 1.65. The molecule has 0 radical (unpaired) electrons. The first-order valence-corrected chi connectivity index (χ1v) is 7.59. The molecule has 2 nitrogen and oxygen atoms in total. The normalized spacial score (nSPS) is 13.9. The van der Waals surface area contributed by atoms with Gasteiger partial charge in [0.2, 0.25) is 0 Å². The number of hydrogen-bond acceptors (Lipinski definition) is 2. The minimum absolute atomic E-state index is 0. The van der Waals surface area contributed by atoms with Gasteiger partial charge in [-0.25, -0.2) is 0 Å². The molecule has 3 aromatic carbocycles. The van der Waals surface area contributed by atoms with Crippen molar-refractivity contribution in [3.05, 3.63) is 84.0 Å². The summed E-state index contributed by atoms with van der Waals surface area (Å²) in [6.45, 7) is 0. The van der Waals surface area contributed by atoms with Crippen LogP contribution < -0.4 is 0 Å². The molecule has 0 atom stereocenters. The summed E-state index contributed by atoms with van der Waals surface area (Å²) < 4.78 is 0. The zero-order valence-corrected chi connectivity index (χ0v) is 13.7. The Morgan fingerprint density at radius 1 is 0.750 bits per heavy atom. The second kappa shape index (κ2) is 6.42. The maximum Gasteiger partial charge on any atom is 0.182 e. The molecular weight excluding hydrogens is 320 g/mol. The molecule has 1 aliphatic rings. The van der Waals surface area contributed by atoms with E-state index in [0.29, 0.717) is 12.0 Å². The van der Waals surface area contributed by atoms with Gasteiger partial charge in [0.15, 0.2) is 11.6 Å². The highest BCUT2D eigenvalue weighted by atomic mass is 35.5. The van der Waals surface area contributed by atoms with Gasteiger partial charge in [-0.05, 0) is 51.4 Å². The van der Waals surface area contributed by atoms with E-state index in [2.05, 4.69) is 30.3 Å². The first kappa shape index (κ1) is 16.2. The summed E-state index contributed by atoms with van der Waals surface area (Å²) in [5, 5.41) is 4.54. The van der Waals surface area contributed by atoms with Crippen molar-refractivity contribution in [2.75, 3.05) is 0 Å². The molecule has 0 unspecified atom stereocenters. The molecule has 0 saturated heterocycles. The van der Waals surface area contributed by atoms with Crippen LogP contribution in [0.3, 0.4) is 0 Å². The number of allylic oxidation sites excluding steroid dienone is 4. The maximum atomic E-state index is 12.1. The fraction of sp³-hybridized carbons (Fsp3) is 0.0476. The van der Waals surface area contributed by atoms with Gasteiger partial charge in [0.05, 0.1) is 0 Å². The summed E-state index contributed by atoms with van der Waals surface area (Å²) in [5.74, 6) is -0.203. The fourth-order valence-corrected chi connectivity index (χ4v) is 3.18. The fourth-order valence-electron chi connectivity index (χ4n) is 3.18. The quantitative estimate of drug-likeness (QED) is 0.507. The number of ketones is 2. The molecule has 118 valence electrons. The molecule has 3 heteroatoms. The Kier molecular flexibility index (Phi) is 4.32. The highest BCUT2D eigenvalue weighted by molar-refractivity contribution is 6.18. The minimum atomic E-state index is -0.121. The molecular formula is C21H15ClO2. The van der Waals surface area contributed by atoms with Crippen LogP contribution in [0.1, 0.15) is 5.56 Å². The molecule has 0 amide bonds. The third-order valence-corrected chi connectivity index (χ3v) is 4.28. The number of hydrogen-bond donors (Lipinski definition) is 0. The predicted octanol–water partition coefficient (Wildman–Crippen LogP) is 4.59. The van der Waals surface area contributed by atoms with Gasteiger partial charge in [0.25, 0.3) is 0 Å². The zero-order valence-electron chi connectivity index (χ0n) is 12.9. The van der Waals surface area contributed by atoms with Crippen LogP contribution in [-0.4, -0.2) is 11.6 Å². The highest BCUT2D eigenvalue weighted by Crippen LogP contribution is 2.30. The van der Waals surface area contributed by atoms with Gasteiger partial charge in [-0.2, -0.15) is 0 Å². The summed E-state index contributed by atoms with van der Waals surface area (Å²) in [6, 6.07) is 18.5. The van der Waals surface area contributed by atoms with E-state index in [0.717, 1.165) is 27.1 Å². The van der Waals surface area contributed by atoms with Crippen molar-refractivity contribution in [1.29, 1.82) is 0 Å². The number of carbonyl (C=O) groups excluding carboxylic acids is 2. The van der Waals surface area contributed by atoms with Crippen molar-refractivity contribution in [2.45, 2.75) is 6.42 Å². The Morgan fingerprint density at radius 3 is 1.96 bits per heavy atom. The number of benzene rings is 3. The summed E-state index contributed by atoms with van der Waals surface area (Å²) in [4.78, 5) is 23.7. The smallest absolute Gasteiger partial charge is 0.182 e. The number of rotatable bonds is 2. The van der Waals surface area contributed by atoms with Gasteiger partial charge in [0, 0.05) is 12.0 Å². The Labute approximate surface area is 145 Å². The largest absolute Gasteiger partial charge is 0.290 e. The minimum Gasteiger partial charge on any atom is -0.290 e. The van der Waals surface area contributed by atoms with E-state index in [1.165, 1.54) is 18.2 Å². The van der Waals surface area contributed by atoms with E-state index < -0.39 is 0 Å². The molecule has 0 fully saturated rings. The lowest BCUT2D eigenvalue weighted by molar-refractivity contribution is -0.114. The summed E-state index contributed by atoms with van der Waals surface area (Å²) in [6.07, 6.45) is 4.62. The molecule has 1 aliphatic carbocycles. The van der Waals surface area contributed by atoms with Crippen LogP contribution in [0.15, 0.2) is 78.4 Å². The first-order chi connectivity index (χ1) is 11.2. The van der Waals surface area contributed by atoms with Crippen LogP contribution in [0.2, 0.25) is 0 Å². The lowest BCUT2D eigenvalue weighted by Crippen LogP contribution is -2.10. The van der Waals surface area contributed by atoms with E-state index >= 15 is 0 Å². The summed E-state index contributed by atoms with van der Waals surface area (Å²) in [7, 11) is 0. The topological polar surface area (TPSA) is 34.1 Å². The van der Waals surface area contributed by atoms with Gasteiger partial charge in [0.1, 0.15) is 0 Å². The van der Waals surface area contributed by atoms with Crippen LogP contribution >= 0.6 is 12.4 Å². The summed E-state index contributed by atoms with van der Waals surface area (Å²) >= 11 is 0. The van der Waals surface area contributed by atoms with Crippen molar-refractivity contribution in [3.8, 4) is 0 Å². The number of carbonyl (C=O) groups is 2. The third kappa shape index (κ3) is 2.77. The van der Waals surface area contributed by atoms with E-state index in [1.807, 2.05) is 24.3 Å². The van der Waals surface area contributed by atoms with Crippen LogP contribution in [0.25, 0.3) is 21.5 Å². The van der Waals surface area contributed by atoms with Gasteiger partial charge >= 0.3 is 0 Å². The second-order valence-electron chi connectivity index (χ2n) is 5.74. The Morgan fingerprint density at radius 2 is 1.33 bits per heavy atom. The Bertz CT molecular complexity index is 974. The maximum absolute atomic E-state index is 12.1. The SMILES string of the molecule is Cl.O=C1C=CC(=O)C(Cc2c3ccccc3cc3ccccc23)=C1. The molecule has 24 heavy (non-hydrogen) atoms. The second-order valence-corrected chi connectivity index (χ2v) is 5.74. The molecule has 0 aliphatic heterocycles. The average Bonchev–Trinajstić information content (AvgIpc) is 2.58. The van der Waals surface area contributed by atoms with Crippen molar-refractivity contribution >= 4 is 45.5 Å². The van der Waals surface area contributed by atoms with Gasteiger partial charge < -0.3 is 0 Å². The van der Waals surface area contributed by atoms with Crippen molar-refractivity contribution < 1.29 is 9.59 Å². The molecule has 0 bridgehead atoms. The van der Waals surface area contributed by atoms with Crippen molar-refractivity contribution in [3.63, 3.8) is 0 Å². The molecule has 0 aromatic heterocycles. The Balaban J connectivity index is 0.00000169. The highest BCUT2D eigenvalue weighted by Gasteiger charge is 2.16. The van der Waals surface area contributed by atoms with Crippen LogP contribution in [0.5, 0.6) is 0 Å². The van der Waals surface area contributed by atoms with Gasteiger partial charge in [-0.3, -0.25) is 9.59 Å². The Hall–Kier alpha value is -2.71. The van der Waals surface area contributed by atoms with Crippen LogP contribution in [0.4, 0.5) is 0 Å². The molecule has 0 N–H and O–H groups in total. The molecule has 0 saturated carbocycles. The number of halogens is 1. The standard InChI is InChI=1S/C21H14O2.ClH/c22-17-9-10-21(23)16(12-17)13-20-18-7-3-1-5-14(18)11-15-6-2-4-8-19(15)20;/h1-12H,13H2;1H. The van der Waals surface area contributed by atoms with E-state index in [1.54, 1.807) is 0 Å². The van der Waals surface area contributed by atoms with Crippen molar-refractivity contribution in [2.24, 2.45) is 0 Å². The lowest BCUT2D eigenvalue weighted by Gasteiger charge is -2.13. The molecule has 0 spiro atoms. The molecule has 0 heterocycles. The van der Waals surface area contributed by atoms with Crippen LogP contribution in [-0.2, 0) is 16.0 Å². The predicted molar refractivity (Wildman–Crippen MR) is 99.6 cm³/mol. The average molecular weight is 335 g/mol. The first-order valence-electron chi connectivity index (χ1n) is 7.59. The van der Waals surface area contributed by atoms with Crippen LogP contribution in [0, 0.1) is 0 Å². The molecule has 4 rings (SSSR count). The van der Waals surface area contributed by atoms with E-state index in [-0.39, 0.29) is 24.0 Å². The van der Waals surface area contributed by atoms with Gasteiger partial charge in [-0.1, -0.05) is 48.5 Å². The monoisotopic (exact) mass is 334 g/mol. The van der Waals surface area contributed by atoms with Crippen molar-refractivity contribution in [1.82, 2.24) is 0 Å². The number of fused-ring (bicyclic) bond motifs is 2. The lowest BCUT2D eigenvalue weighted by atomic mass is 9.90. The van der Waals surface area contributed by atoms with E-state index in [9.17, 15) is 9.59 Å². The zero-order chi connectivity index (χ0) is 15.8. The molecule has 3 aromatic rings. The van der Waals surface area contributed by atoms with E-state index in [4.69, 9.17) is 0 Å². The van der Waals surface area contributed by atoms with Gasteiger partial charge in [-0.15, -0.1) is 12.4 Å².